The molecule has 0 atom stereocenters. The summed E-state index contributed by atoms with van der Waals surface area (Å²) in [6, 6.07) is 3.93. The van der Waals surface area contributed by atoms with E-state index in [0.717, 1.165) is 12.8 Å². The van der Waals surface area contributed by atoms with Crippen LogP contribution in [-0.4, -0.2) is 35.4 Å². The maximum Gasteiger partial charge on any atom is 0.273 e. The van der Waals surface area contributed by atoms with Gasteiger partial charge in [0, 0.05) is 19.3 Å². The Hall–Kier alpha value is -1.86. The van der Waals surface area contributed by atoms with E-state index in [4.69, 9.17) is 5.73 Å². The van der Waals surface area contributed by atoms with Gasteiger partial charge in [0.15, 0.2) is 0 Å². The summed E-state index contributed by atoms with van der Waals surface area (Å²) in [4.78, 5) is 18.8. The van der Waals surface area contributed by atoms with Crippen molar-refractivity contribution in [3.05, 3.63) is 29.6 Å². The summed E-state index contributed by atoms with van der Waals surface area (Å²) in [5, 5.41) is 0. The fourth-order valence-electron chi connectivity index (χ4n) is 2.80. The zero-order valence-corrected chi connectivity index (χ0v) is 12.6. The maximum absolute atomic E-state index is 12.7. The number of hydrogen-bond donors (Lipinski definition) is 1. The largest absolute Gasteiger partial charge is 0.337 e. The predicted octanol–water partition coefficient (Wildman–Crippen LogP) is 2.19. The first kappa shape index (κ1) is 15.5. The van der Waals surface area contributed by atoms with E-state index in [2.05, 4.69) is 16.8 Å². The van der Waals surface area contributed by atoms with Gasteiger partial charge in [-0.2, -0.15) is 0 Å². The number of amides is 1. The molecule has 1 aliphatic rings. The lowest BCUT2D eigenvalue weighted by atomic mass is 10.1. The average Bonchev–Trinajstić information content (AvgIpc) is 2.81. The number of aromatic nitrogens is 1. The van der Waals surface area contributed by atoms with Gasteiger partial charge in [0.05, 0.1) is 12.1 Å². The monoisotopic (exact) mass is 285 g/mol. The molecule has 0 radical (unpaired) electrons. The zero-order chi connectivity index (χ0) is 15.1. The Morgan fingerprint density at radius 1 is 1.38 bits per heavy atom. The first-order valence-corrected chi connectivity index (χ1v) is 7.65. The molecule has 0 aromatic carbocycles. The number of nitrogens with zero attached hydrogens (tertiary/aromatic N) is 2. The van der Waals surface area contributed by atoms with Crippen molar-refractivity contribution in [1.82, 2.24) is 9.88 Å². The summed E-state index contributed by atoms with van der Waals surface area (Å²) in [6.07, 6.45) is 8.75. The molecule has 21 heavy (non-hydrogen) atoms. The van der Waals surface area contributed by atoms with Crippen molar-refractivity contribution in [2.75, 3.05) is 13.6 Å². The van der Waals surface area contributed by atoms with Crippen LogP contribution >= 0.6 is 0 Å². The van der Waals surface area contributed by atoms with Crippen LogP contribution in [0.25, 0.3) is 0 Å². The van der Waals surface area contributed by atoms with Crippen molar-refractivity contribution in [3.63, 3.8) is 0 Å². The number of pyridine rings is 1. The first-order valence-electron chi connectivity index (χ1n) is 7.65. The Bertz CT molecular complexity index is 536. The average molecular weight is 285 g/mol. The van der Waals surface area contributed by atoms with E-state index in [9.17, 15) is 4.79 Å². The summed E-state index contributed by atoms with van der Waals surface area (Å²) in [5.74, 6) is 5.70. The topological polar surface area (TPSA) is 59.2 Å². The van der Waals surface area contributed by atoms with Gasteiger partial charge in [-0.3, -0.25) is 4.79 Å². The van der Waals surface area contributed by atoms with Crippen LogP contribution in [0, 0.1) is 11.8 Å². The highest BCUT2D eigenvalue weighted by molar-refractivity contribution is 5.94. The van der Waals surface area contributed by atoms with Gasteiger partial charge in [-0.1, -0.05) is 37.5 Å². The Morgan fingerprint density at radius 2 is 2.10 bits per heavy atom. The second-order valence-corrected chi connectivity index (χ2v) is 5.47. The summed E-state index contributed by atoms with van der Waals surface area (Å²) in [7, 11) is 1.88. The van der Waals surface area contributed by atoms with E-state index in [1.165, 1.54) is 25.7 Å². The molecule has 1 heterocycles. The van der Waals surface area contributed by atoms with Crippen molar-refractivity contribution < 1.29 is 4.79 Å². The molecular formula is C17H23N3O. The third-order valence-corrected chi connectivity index (χ3v) is 4.03. The smallest absolute Gasteiger partial charge is 0.273 e. The van der Waals surface area contributed by atoms with E-state index < -0.39 is 0 Å². The highest BCUT2D eigenvalue weighted by Crippen LogP contribution is 2.22. The van der Waals surface area contributed by atoms with Crippen molar-refractivity contribution in [2.45, 2.75) is 44.6 Å². The molecule has 2 N–H and O–H groups in total. The molecule has 0 spiro atoms. The SMILES string of the molecule is CN(C(=O)c1ncccc1C#CCN)C1CCCCCC1. The first-order chi connectivity index (χ1) is 10.2. The molecule has 1 aromatic rings. The third-order valence-electron chi connectivity index (χ3n) is 4.03. The fraction of sp³-hybridized carbons (Fsp3) is 0.529. The summed E-state index contributed by atoms with van der Waals surface area (Å²) >= 11 is 0. The Labute approximate surface area is 126 Å². The van der Waals surface area contributed by atoms with Crippen LogP contribution in [0.15, 0.2) is 18.3 Å². The van der Waals surface area contributed by atoms with Crippen LogP contribution in [-0.2, 0) is 0 Å². The molecule has 1 fully saturated rings. The predicted molar refractivity (Wildman–Crippen MR) is 83.8 cm³/mol. The van der Waals surface area contributed by atoms with Crippen LogP contribution < -0.4 is 5.73 Å². The summed E-state index contributed by atoms with van der Waals surface area (Å²) in [5.41, 5.74) is 6.50. The summed E-state index contributed by atoms with van der Waals surface area (Å²) in [6.45, 7) is 0.279. The molecule has 0 saturated heterocycles. The summed E-state index contributed by atoms with van der Waals surface area (Å²) < 4.78 is 0. The van der Waals surface area contributed by atoms with Crippen LogP contribution in [0.5, 0.6) is 0 Å². The highest BCUT2D eigenvalue weighted by Gasteiger charge is 2.24. The molecule has 0 unspecified atom stereocenters. The standard InChI is InChI=1S/C17H23N3O/c1-20(15-10-4-2-3-5-11-15)17(21)16-14(8-6-12-18)9-7-13-19-16/h7,9,13,15H,2-5,10-12,18H2,1H3. The van der Waals surface area contributed by atoms with Gasteiger partial charge >= 0.3 is 0 Å². The Morgan fingerprint density at radius 3 is 2.76 bits per heavy atom. The lowest BCUT2D eigenvalue weighted by Gasteiger charge is -2.27. The number of nitrogens with two attached hydrogens (primary N) is 1. The van der Waals surface area contributed by atoms with Crippen LogP contribution in [0.1, 0.15) is 54.6 Å². The van der Waals surface area contributed by atoms with Gasteiger partial charge in [0.25, 0.3) is 5.91 Å². The maximum atomic E-state index is 12.7. The molecular weight excluding hydrogens is 262 g/mol. The van der Waals surface area contributed by atoms with E-state index in [1.54, 1.807) is 12.3 Å². The molecule has 2 rings (SSSR count). The van der Waals surface area contributed by atoms with E-state index >= 15 is 0 Å². The molecule has 0 aliphatic heterocycles. The molecule has 112 valence electrons. The zero-order valence-electron chi connectivity index (χ0n) is 12.6. The Balaban J connectivity index is 2.18. The minimum absolute atomic E-state index is 0.0381. The molecule has 1 aromatic heterocycles. The van der Waals surface area contributed by atoms with Gasteiger partial charge in [0.2, 0.25) is 0 Å². The van der Waals surface area contributed by atoms with E-state index in [-0.39, 0.29) is 12.5 Å². The van der Waals surface area contributed by atoms with Crippen LogP contribution in [0.3, 0.4) is 0 Å². The fourth-order valence-corrected chi connectivity index (χ4v) is 2.80. The normalized spacial score (nSPS) is 15.7. The van der Waals surface area contributed by atoms with Gasteiger partial charge in [-0.05, 0) is 25.0 Å². The Kier molecular flexibility index (Phi) is 5.77. The minimum atomic E-state index is -0.0381. The van der Waals surface area contributed by atoms with Crippen LogP contribution in [0.4, 0.5) is 0 Å². The lowest BCUT2D eigenvalue weighted by Crippen LogP contribution is -2.37. The van der Waals surface area contributed by atoms with Crippen molar-refractivity contribution >= 4 is 5.91 Å². The minimum Gasteiger partial charge on any atom is -0.337 e. The molecule has 4 nitrogen and oxygen atoms in total. The van der Waals surface area contributed by atoms with Crippen molar-refractivity contribution in [1.29, 1.82) is 0 Å². The molecule has 1 saturated carbocycles. The second kappa shape index (κ2) is 7.80. The number of carbonyl (C=O) groups is 1. The molecule has 4 heteroatoms. The van der Waals surface area contributed by atoms with E-state index in [0.29, 0.717) is 17.3 Å². The van der Waals surface area contributed by atoms with E-state index in [1.807, 2.05) is 18.0 Å². The van der Waals surface area contributed by atoms with Gasteiger partial charge in [0.1, 0.15) is 5.69 Å². The molecule has 1 amide bonds. The van der Waals surface area contributed by atoms with Crippen molar-refractivity contribution in [3.8, 4) is 11.8 Å². The highest BCUT2D eigenvalue weighted by atomic mass is 16.2. The molecule has 0 bridgehead atoms. The third kappa shape index (κ3) is 4.05. The molecule has 1 aliphatic carbocycles. The number of carbonyl (C=O) groups excluding carboxylic acids is 1. The van der Waals surface area contributed by atoms with Gasteiger partial charge in [-0.15, -0.1) is 0 Å². The number of hydrogen-bond acceptors (Lipinski definition) is 3. The van der Waals surface area contributed by atoms with Crippen molar-refractivity contribution in [2.24, 2.45) is 5.73 Å². The van der Waals surface area contributed by atoms with Gasteiger partial charge in [-0.25, -0.2) is 4.98 Å². The number of rotatable bonds is 2. The van der Waals surface area contributed by atoms with Crippen LogP contribution in [0.2, 0.25) is 0 Å². The quantitative estimate of drug-likeness (QED) is 0.669. The lowest BCUT2D eigenvalue weighted by molar-refractivity contribution is 0.0711. The van der Waals surface area contributed by atoms with Gasteiger partial charge < -0.3 is 10.6 Å². The second-order valence-electron chi connectivity index (χ2n) is 5.47.